The van der Waals surface area contributed by atoms with Gasteiger partial charge in [0.15, 0.2) is 5.82 Å². The Labute approximate surface area is 174 Å². The summed E-state index contributed by atoms with van der Waals surface area (Å²) in [7, 11) is 0. The molecule has 2 amide bonds. The van der Waals surface area contributed by atoms with E-state index in [1.807, 2.05) is 19.9 Å². The molecule has 1 atom stereocenters. The third-order valence-electron chi connectivity index (χ3n) is 5.17. The summed E-state index contributed by atoms with van der Waals surface area (Å²) in [6, 6.07) is 5.32. The number of hydrogen-bond donors (Lipinski definition) is 2. The second-order valence-electron chi connectivity index (χ2n) is 7.28. The molecule has 2 aliphatic rings. The van der Waals surface area contributed by atoms with E-state index in [0.29, 0.717) is 22.4 Å². The monoisotopic (exact) mass is 420 g/mol. The number of aryl methyl sites for hydroxylation is 1. The van der Waals surface area contributed by atoms with E-state index in [9.17, 15) is 9.59 Å². The molecular formula is C20H25ClN4O2S. The minimum absolute atomic E-state index is 0.0588. The van der Waals surface area contributed by atoms with Gasteiger partial charge in [-0.25, -0.2) is 0 Å². The molecule has 0 bridgehead atoms. The number of rotatable bonds is 4. The van der Waals surface area contributed by atoms with E-state index in [1.54, 1.807) is 12.1 Å². The molecule has 6 nitrogen and oxygen atoms in total. The van der Waals surface area contributed by atoms with Crippen LogP contribution in [0.2, 0.25) is 5.02 Å². The lowest BCUT2D eigenvalue weighted by Gasteiger charge is -2.23. The molecule has 28 heavy (non-hydrogen) atoms. The van der Waals surface area contributed by atoms with Gasteiger partial charge in [0.2, 0.25) is 5.91 Å². The highest BCUT2D eigenvalue weighted by molar-refractivity contribution is 8.14. The predicted octanol–water partition coefficient (Wildman–Crippen LogP) is 6.02. The van der Waals surface area contributed by atoms with Crippen molar-refractivity contribution in [1.82, 2.24) is 5.32 Å². The minimum Gasteiger partial charge on any atom is -0.326 e. The first kappa shape index (κ1) is 20.9. The van der Waals surface area contributed by atoms with Crippen LogP contribution in [0.15, 0.2) is 39.8 Å². The molecule has 1 heterocycles. The van der Waals surface area contributed by atoms with Crippen LogP contribution in [0, 0.1) is 12.8 Å². The summed E-state index contributed by atoms with van der Waals surface area (Å²) in [5.41, 5.74) is 2.65. The fraction of sp³-hybridized carbons (Fsp3) is 0.500. The Morgan fingerprint density at radius 3 is 2.82 bits per heavy atom. The number of benzene rings is 1. The van der Waals surface area contributed by atoms with Crippen LogP contribution < -0.4 is 10.6 Å². The zero-order valence-corrected chi connectivity index (χ0v) is 17.7. The van der Waals surface area contributed by atoms with Crippen molar-refractivity contribution < 1.29 is 9.59 Å². The maximum atomic E-state index is 12.4. The number of nitrogens with one attached hydrogen (secondary N) is 2. The Hall–Kier alpha value is -1.86. The molecule has 0 saturated heterocycles. The summed E-state index contributed by atoms with van der Waals surface area (Å²) in [4.78, 5) is 24.7. The molecule has 8 heteroatoms. The van der Waals surface area contributed by atoms with Gasteiger partial charge >= 0.3 is 0 Å². The molecule has 1 fully saturated rings. The summed E-state index contributed by atoms with van der Waals surface area (Å²) < 4.78 is 0. The Balaban J connectivity index is 1.67. The highest BCUT2D eigenvalue weighted by Crippen LogP contribution is 2.32. The second kappa shape index (κ2) is 9.56. The molecule has 1 unspecified atom stereocenters. The first-order valence-corrected chi connectivity index (χ1v) is 10.8. The van der Waals surface area contributed by atoms with Crippen molar-refractivity contribution in [3.8, 4) is 0 Å². The van der Waals surface area contributed by atoms with Crippen LogP contribution >= 0.6 is 23.4 Å². The van der Waals surface area contributed by atoms with E-state index in [4.69, 9.17) is 11.6 Å². The topological polar surface area (TPSA) is 82.9 Å². The van der Waals surface area contributed by atoms with E-state index in [-0.39, 0.29) is 17.6 Å². The maximum Gasteiger partial charge on any atom is 0.286 e. The highest BCUT2D eigenvalue weighted by atomic mass is 35.5. The van der Waals surface area contributed by atoms with Crippen LogP contribution in [-0.2, 0) is 4.79 Å². The number of nitrogens with zero attached hydrogens (tertiary/aromatic N) is 2. The Morgan fingerprint density at radius 1 is 1.32 bits per heavy atom. The Morgan fingerprint density at radius 2 is 2.07 bits per heavy atom. The molecule has 0 spiro atoms. The van der Waals surface area contributed by atoms with Crippen molar-refractivity contribution in [2.24, 2.45) is 16.1 Å². The molecule has 2 N–H and O–H groups in total. The second-order valence-corrected chi connectivity index (χ2v) is 8.87. The number of anilines is 1. The molecule has 3 rings (SSSR count). The van der Waals surface area contributed by atoms with Gasteiger partial charge in [-0.3, -0.25) is 14.9 Å². The van der Waals surface area contributed by atoms with Crippen LogP contribution in [0.25, 0.3) is 0 Å². The van der Waals surface area contributed by atoms with Crippen molar-refractivity contribution >= 4 is 40.2 Å². The molecule has 0 aromatic heterocycles. The summed E-state index contributed by atoms with van der Waals surface area (Å²) >= 11 is 6.99. The van der Waals surface area contributed by atoms with Gasteiger partial charge in [0.25, 0.3) is 5.24 Å². The van der Waals surface area contributed by atoms with Crippen LogP contribution in [0.5, 0.6) is 0 Å². The number of halogens is 1. The maximum absolute atomic E-state index is 12.4. The average Bonchev–Trinajstić information content (AvgIpc) is 2.85. The van der Waals surface area contributed by atoms with E-state index in [2.05, 4.69) is 20.9 Å². The van der Waals surface area contributed by atoms with Gasteiger partial charge in [0, 0.05) is 10.7 Å². The lowest BCUT2D eigenvalue weighted by Crippen LogP contribution is -2.22. The molecule has 150 valence electrons. The first-order chi connectivity index (χ1) is 13.4. The van der Waals surface area contributed by atoms with Gasteiger partial charge in [-0.2, -0.15) is 5.11 Å². The summed E-state index contributed by atoms with van der Waals surface area (Å²) in [6.45, 7) is 3.91. The molecular weight excluding hydrogens is 396 g/mol. The average molecular weight is 421 g/mol. The number of thioether (sulfide) groups is 1. The van der Waals surface area contributed by atoms with Gasteiger partial charge in [-0.15, -0.1) is 5.11 Å². The molecule has 0 radical (unpaired) electrons. The largest absolute Gasteiger partial charge is 0.326 e. The fourth-order valence-electron chi connectivity index (χ4n) is 3.50. The van der Waals surface area contributed by atoms with Gasteiger partial charge in [0.05, 0.1) is 6.42 Å². The minimum atomic E-state index is -0.559. The van der Waals surface area contributed by atoms with Crippen LogP contribution in [0.3, 0.4) is 0 Å². The third kappa shape index (κ3) is 5.58. The van der Waals surface area contributed by atoms with Gasteiger partial charge in [0.1, 0.15) is 5.37 Å². The van der Waals surface area contributed by atoms with E-state index in [1.165, 1.54) is 19.3 Å². The SMILES string of the molecule is CC(=C1N=NC(CC(=O)Nc2cc(Cl)ccc2C)SC(=O)N1)C1CCCCC1. The van der Waals surface area contributed by atoms with Crippen molar-refractivity contribution in [3.63, 3.8) is 0 Å². The summed E-state index contributed by atoms with van der Waals surface area (Å²) in [5, 5.41) is 14.0. The number of hydrogen-bond acceptors (Lipinski definition) is 5. The predicted molar refractivity (Wildman–Crippen MR) is 113 cm³/mol. The number of allylic oxidation sites excluding steroid dienone is 1. The molecule has 1 saturated carbocycles. The lowest BCUT2D eigenvalue weighted by atomic mass is 9.84. The van der Waals surface area contributed by atoms with Crippen LogP contribution in [0.4, 0.5) is 10.5 Å². The summed E-state index contributed by atoms with van der Waals surface area (Å²) in [6.07, 6.45) is 5.99. The molecule has 1 aromatic carbocycles. The van der Waals surface area contributed by atoms with E-state index >= 15 is 0 Å². The van der Waals surface area contributed by atoms with E-state index in [0.717, 1.165) is 35.7 Å². The molecule has 1 aliphatic carbocycles. The third-order valence-corrected chi connectivity index (χ3v) is 6.26. The standard InChI is InChI=1S/C20H25ClN4O2S/c1-12-8-9-15(21)10-16(12)22-17(26)11-18-24-25-19(23-20(27)28-18)13(2)14-6-4-3-5-7-14/h8-10,14,18H,3-7,11H2,1-2H3,(H,22,26)(H,23,27). The van der Waals surface area contributed by atoms with Crippen molar-refractivity contribution in [1.29, 1.82) is 0 Å². The van der Waals surface area contributed by atoms with Crippen LogP contribution in [0.1, 0.15) is 51.0 Å². The zero-order chi connectivity index (χ0) is 20.1. The Kier molecular flexibility index (Phi) is 7.13. The smallest absolute Gasteiger partial charge is 0.286 e. The van der Waals surface area contributed by atoms with Crippen molar-refractivity contribution in [2.75, 3.05) is 5.32 Å². The van der Waals surface area contributed by atoms with Crippen molar-refractivity contribution in [3.05, 3.63) is 40.2 Å². The molecule has 1 aromatic rings. The Bertz CT molecular complexity index is 818. The quantitative estimate of drug-likeness (QED) is 0.624. The number of azo groups is 1. The molecule has 1 aliphatic heterocycles. The fourth-order valence-corrected chi connectivity index (χ4v) is 4.40. The normalized spacial score (nSPS) is 22.4. The van der Waals surface area contributed by atoms with E-state index < -0.39 is 5.37 Å². The van der Waals surface area contributed by atoms with Gasteiger partial charge in [-0.05, 0) is 67.6 Å². The van der Waals surface area contributed by atoms with Gasteiger partial charge < -0.3 is 5.32 Å². The zero-order valence-electron chi connectivity index (χ0n) is 16.1. The summed E-state index contributed by atoms with van der Waals surface area (Å²) in [5.74, 6) is 0.752. The van der Waals surface area contributed by atoms with Gasteiger partial charge in [-0.1, -0.05) is 36.9 Å². The number of carbonyl (C=O) groups excluding carboxylic acids is 2. The number of amides is 2. The van der Waals surface area contributed by atoms with Crippen molar-refractivity contribution in [2.45, 2.75) is 57.7 Å². The van der Waals surface area contributed by atoms with Crippen LogP contribution in [-0.4, -0.2) is 16.5 Å². The number of carbonyl (C=O) groups is 2. The first-order valence-electron chi connectivity index (χ1n) is 9.57. The lowest BCUT2D eigenvalue weighted by molar-refractivity contribution is -0.116. The highest BCUT2D eigenvalue weighted by Gasteiger charge is 2.25.